The van der Waals surface area contributed by atoms with Crippen LogP contribution in [0.4, 0.5) is 0 Å². The lowest BCUT2D eigenvalue weighted by molar-refractivity contribution is 0.0775. The number of aromatic nitrogens is 1. The molecule has 2 heterocycles. The molecule has 1 saturated heterocycles. The van der Waals surface area contributed by atoms with Crippen LogP contribution < -0.4 is 4.72 Å². The van der Waals surface area contributed by atoms with Crippen molar-refractivity contribution in [3.8, 4) is 0 Å². The molecule has 0 aliphatic carbocycles. The molecule has 22 heavy (non-hydrogen) atoms. The van der Waals surface area contributed by atoms with Gasteiger partial charge in [0.2, 0.25) is 10.0 Å². The van der Waals surface area contributed by atoms with Crippen molar-refractivity contribution in [3.63, 3.8) is 0 Å². The van der Waals surface area contributed by atoms with Crippen LogP contribution in [-0.2, 0) is 16.4 Å². The van der Waals surface area contributed by atoms with Gasteiger partial charge >= 0.3 is 0 Å². The number of likely N-dealkylation sites (tertiary alicyclic amines) is 1. The molecule has 1 aliphatic rings. The Hall–Kier alpha value is -1.41. The van der Waals surface area contributed by atoms with E-state index in [1.807, 2.05) is 20.8 Å². The van der Waals surface area contributed by atoms with Gasteiger partial charge in [0, 0.05) is 25.6 Å². The van der Waals surface area contributed by atoms with E-state index in [-0.39, 0.29) is 23.8 Å². The van der Waals surface area contributed by atoms with E-state index in [4.69, 9.17) is 4.42 Å². The van der Waals surface area contributed by atoms with Gasteiger partial charge in [-0.25, -0.2) is 18.1 Å². The van der Waals surface area contributed by atoms with Gasteiger partial charge < -0.3 is 9.32 Å². The van der Waals surface area contributed by atoms with Crippen molar-refractivity contribution in [2.45, 2.75) is 33.2 Å². The standard InChI is InChI=1S/C14H23N3O4S/c1-5-12-13(15-8-21-12)14(18)17-6-10(9(2)3)11(7-17)16-22(4,19)20/h8-11,16H,5-7H2,1-4H3/t10-,11+/m0/s1. The number of hydrogen-bond donors (Lipinski definition) is 1. The third-order valence-corrected chi connectivity index (χ3v) is 4.77. The van der Waals surface area contributed by atoms with Gasteiger partial charge in [0.1, 0.15) is 5.76 Å². The van der Waals surface area contributed by atoms with E-state index >= 15 is 0 Å². The molecule has 0 bridgehead atoms. The van der Waals surface area contributed by atoms with E-state index in [9.17, 15) is 13.2 Å². The first-order valence-corrected chi connectivity index (χ1v) is 9.31. The van der Waals surface area contributed by atoms with Gasteiger partial charge in [-0.1, -0.05) is 20.8 Å². The zero-order valence-electron chi connectivity index (χ0n) is 13.4. The van der Waals surface area contributed by atoms with Crippen molar-refractivity contribution in [1.29, 1.82) is 0 Å². The van der Waals surface area contributed by atoms with E-state index in [0.717, 1.165) is 6.26 Å². The number of nitrogens with zero attached hydrogens (tertiary/aromatic N) is 2. The van der Waals surface area contributed by atoms with E-state index in [2.05, 4.69) is 9.71 Å². The monoisotopic (exact) mass is 329 g/mol. The average molecular weight is 329 g/mol. The molecule has 1 amide bonds. The summed E-state index contributed by atoms with van der Waals surface area (Å²) in [5.74, 6) is 0.704. The minimum atomic E-state index is -3.31. The molecular formula is C14H23N3O4S. The summed E-state index contributed by atoms with van der Waals surface area (Å²) in [7, 11) is -3.31. The van der Waals surface area contributed by atoms with Gasteiger partial charge in [0.15, 0.2) is 12.1 Å². The van der Waals surface area contributed by atoms with E-state index < -0.39 is 10.0 Å². The Bertz CT molecular complexity index is 638. The number of aryl methyl sites for hydroxylation is 1. The molecule has 7 nitrogen and oxygen atoms in total. The van der Waals surface area contributed by atoms with Gasteiger partial charge in [0.25, 0.3) is 5.91 Å². The number of carbonyl (C=O) groups excluding carboxylic acids is 1. The molecule has 2 atom stereocenters. The van der Waals surface area contributed by atoms with Crippen LogP contribution in [0, 0.1) is 11.8 Å². The maximum absolute atomic E-state index is 12.6. The van der Waals surface area contributed by atoms with Crippen molar-refractivity contribution < 1.29 is 17.6 Å². The maximum Gasteiger partial charge on any atom is 0.276 e. The molecule has 8 heteroatoms. The van der Waals surface area contributed by atoms with Crippen molar-refractivity contribution in [2.75, 3.05) is 19.3 Å². The summed E-state index contributed by atoms with van der Waals surface area (Å²) in [6.45, 7) is 6.82. The Kier molecular flexibility index (Phi) is 4.91. The summed E-state index contributed by atoms with van der Waals surface area (Å²) in [5, 5.41) is 0. The number of amides is 1. The van der Waals surface area contributed by atoms with Crippen molar-refractivity contribution in [2.24, 2.45) is 11.8 Å². The molecule has 0 unspecified atom stereocenters. The number of carbonyl (C=O) groups is 1. The predicted octanol–water partition coefficient (Wildman–Crippen LogP) is 0.883. The second kappa shape index (κ2) is 6.37. The lowest BCUT2D eigenvalue weighted by atomic mass is 9.92. The van der Waals surface area contributed by atoms with E-state index in [1.54, 1.807) is 4.90 Å². The number of hydrogen-bond acceptors (Lipinski definition) is 5. The zero-order chi connectivity index (χ0) is 16.5. The number of nitrogens with one attached hydrogen (secondary N) is 1. The van der Waals surface area contributed by atoms with Crippen LogP contribution >= 0.6 is 0 Å². The molecular weight excluding hydrogens is 306 g/mol. The first-order valence-electron chi connectivity index (χ1n) is 7.41. The van der Waals surface area contributed by atoms with Gasteiger partial charge in [-0.15, -0.1) is 0 Å². The smallest absolute Gasteiger partial charge is 0.276 e. The third kappa shape index (κ3) is 3.67. The van der Waals surface area contributed by atoms with E-state index in [1.165, 1.54) is 6.39 Å². The summed E-state index contributed by atoms with van der Waals surface area (Å²) in [5.41, 5.74) is 0.324. The predicted molar refractivity (Wildman–Crippen MR) is 81.9 cm³/mol. The van der Waals surface area contributed by atoms with Gasteiger partial charge in [-0.05, 0) is 11.8 Å². The highest BCUT2D eigenvalue weighted by atomic mass is 32.2. The molecule has 1 fully saturated rings. The largest absolute Gasteiger partial charge is 0.448 e. The van der Waals surface area contributed by atoms with Crippen LogP contribution in [0.5, 0.6) is 0 Å². The first-order chi connectivity index (χ1) is 10.2. The molecule has 0 saturated carbocycles. The van der Waals surface area contributed by atoms with Crippen LogP contribution in [0.25, 0.3) is 0 Å². The van der Waals surface area contributed by atoms with Crippen molar-refractivity contribution in [1.82, 2.24) is 14.6 Å². The van der Waals surface area contributed by atoms with E-state index in [0.29, 0.717) is 31.0 Å². The summed E-state index contributed by atoms with van der Waals surface area (Å²) in [6.07, 6.45) is 3.00. The lowest BCUT2D eigenvalue weighted by Crippen LogP contribution is -2.41. The molecule has 0 aromatic carbocycles. The molecule has 2 rings (SSSR count). The molecule has 0 radical (unpaired) electrons. The summed E-state index contributed by atoms with van der Waals surface area (Å²) >= 11 is 0. The second-order valence-corrected chi connectivity index (χ2v) is 7.87. The summed E-state index contributed by atoms with van der Waals surface area (Å²) < 4.78 is 30.9. The molecule has 1 aliphatic heterocycles. The molecule has 124 valence electrons. The molecule has 1 aromatic heterocycles. The van der Waals surface area contributed by atoms with Crippen LogP contribution in [-0.4, -0.2) is 49.6 Å². The number of sulfonamides is 1. The SMILES string of the molecule is CCc1ocnc1C(=O)N1C[C@@H](NS(C)(=O)=O)[C@H](C(C)C)C1. The Balaban J connectivity index is 2.18. The summed E-state index contributed by atoms with van der Waals surface area (Å²) in [4.78, 5) is 18.3. The fourth-order valence-corrected chi connectivity index (χ4v) is 3.71. The normalized spacial score (nSPS) is 22.5. The Morgan fingerprint density at radius 3 is 2.73 bits per heavy atom. The van der Waals surface area contributed by atoms with Crippen LogP contribution in [0.2, 0.25) is 0 Å². The number of rotatable bonds is 5. The van der Waals surface area contributed by atoms with Crippen LogP contribution in [0.15, 0.2) is 10.8 Å². The fourth-order valence-electron chi connectivity index (χ4n) is 2.92. The highest BCUT2D eigenvalue weighted by Gasteiger charge is 2.39. The van der Waals surface area contributed by atoms with Gasteiger partial charge in [0.05, 0.1) is 6.26 Å². The lowest BCUT2D eigenvalue weighted by Gasteiger charge is -2.21. The van der Waals surface area contributed by atoms with Gasteiger partial charge in [-0.2, -0.15) is 0 Å². The quantitative estimate of drug-likeness (QED) is 0.866. The Labute approximate surface area is 131 Å². The topological polar surface area (TPSA) is 92.5 Å². The minimum absolute atomic E-state index is 0.0793. The third-order valence-electron chi connectivity index (χ3n) is 4.04. The maximum atomic E-state index is 12.6. The van der Waals surface area contributed by atoms with Crippen molar-refractivity contribution in [3.05, 3.63) is 17.8 Å². The first kappa shape index (κ1) is 17.0. The highest BCUT2D eigenvalue weighted by molar-refractivity contribution is 7.88. The minimum Gasteiger partial charge on any atom is -0.448 e. The Morgan fingerprint density at radius 1 is 1.50 bits per heavy atom. The summed E-state index contributed by atoms with van der Waals surface area (Å²) in [6, 6.07) is -0.268. The highest BCUT2D eigenvalue weighted by Crippen LogP contribution is 2.26. The van der Waals surface area contributed by atoms with Crippen molar-refractivity contribution >= 4 is 15.9 Å². The zero-order valence-corrected chi connectivity index (χ0v) is 14.2. The van der Waals surface area contributed by atoms with Crippen LogP contribution in [0.3, 0.4) is 0 Å². The fraction of sp³-hybridized carbons (Fsp3) is 0.714. The number of oxazole rings is 1. The van der Waals surface area contributed by atoms with Gasteiger partial charge in [-0.3, -0.25) is 4.79 Å². The molecule has 0 spiro atoms. The molecule has 1 aromatic rings. The van der Waals surface area contributed by atoms with Crippen LogP contribution in [0.1, 0.15) is 37.0 Å². The Morgan fingerprint density at radius 2 is 2.18 bits per heavy atom. The molecule has 1 N–H and O–H groups in total. The second-order valence-electron chi connectivity index (χ2n) is 6.09. The average Bonchev–Trinajstić information content (AvgIpc) is 3.01.